The molecule has 0 bridgehead atoms. The molecule has 0 heterocycles. The first-order chi connectivity index (χ1) is 10.3. The van der Waals surface area contributed by atoms with Crippen LogP contribution in [0.15, 0.2) is 47.4 Å². The van der Waals surface area contributed by atoms with Crippen molar-refractivity contribution in [2.24, 2.45) is 0 Å². The molecule has 7 nitrogen and oxygen atoms in total. The molecule has 0 atom stereocenters. The van der Waals surface area contributed by atoms with Crippen molar-refractivity contribution >= 4 is 27.4 Å². The number of benzene rings is 2. The number of nitrogens with zero attached hydrogens (tertiary/aromatic N) is 2. The average Bonchev–Trinajstić information content (AvgIpc) is 2.46. The maximum absolute atomic E-state index is 12.1. The highest BCUT2D eigenvalue weighted by atomic mass is 35.5. The first-order valence-corrected chi connectivity index (χ1v) is 7.51. The van der Waals surface area contributed by atoms with Crippen molar-refractivity contribution in [2.75, 3.05) is 0 Å². The van der Waals surface area contributed by atoms with E-state index in [0.717, 1.165) is 18.2 Å². The van der Waals surface area contributed by atoms with Crippen molar-refractivity contribution < 1.29 is 17.5 Å². The van der Waals surface area contributed by atoms with Crippen LogP contribution in [-0.4, -0.2) is 13.3 Å². The van der Waals surface area contributed by atoms with E-state index in [1.165, 1.54) is 24.3 Å². The largest absolute Gasteiger partial charge is 0.379 e. The number of nitriles is 1. The number of hydrogen-bond acceptors (Lipinski definition) is 6. The van der Waals surface area contributed by atoms with Crippen LogP contribution in [0.25, 0.3) is 0 Å². The highest BCUT2D eigenvalue weighted by Gasteiger charge is 2.22. The minimum absolute atomic E-state index is 0.0725. The van der Waals surface area contributed by atoms with E-state index >= 15 is 0 Å². The van der Waals surface area contributed by atoms with E-state index in [4.69, 9.17) is 21.0 Å². The van der Waals surface area contributed by atoms with Crippen LogP contribution in [0.4, 0.5) is 5.69 Å². The Hall–Kier alpha value is -2.63. The number of halogens is 1. The van der Waals surface area contributed by atoms with E-state index in [9.17, 15) is 18.5 Å². The molecule has 2 aromatic rings. The van der Waals surface area contributed by atoms with Crippen LogP contribution in [0.1, 0.15) is 5.56 Å². The lowest BCUT2D eigenvalue weighted by atomic mass is 10.2. The maximum Gasteiger partial charge on any atom is 0.339 e. The maximum atomic E-state index is 12.1. The Kier molecular flexibility index (Phi) is 4.30. The number of nitro benzene ring substituents is 1. The molecular weight excluding hydrogens is 332 g/mol. The molecule has 0 unspecified atom stereocenters. The van der Waals surface area contributed by atoms with Gasteiger partial charge < -0.3 is 4.18 Å². The van der Waals surface area contributed by atoms with Gasteiger partial charge in [0, 0.05) is 6.07 Å². The predicted molar refractivity (Wildman–Crippen MR) is 77.1 cm³/mol. The van der Waals surface area contributed by atoms with Gasteiger partial charge in [-0.05, 0) is 30.3 Å². The van der Waals surface area contributed by atoms with Crippen molar-refractivity contribution in [3.8, 4) is 11.8 Å². The molecule has 0 saturated heterocycles. The highest BCUT2D eigenvalue weighted by molar-refractivity contribution is 7.87. The standard InChI is InChI=1S/C13H7ClN2O5S/c14-12-5-4-11(7-13(12)16(17)18)22(19,20)21-10-3-1-2-9(6-10)8-15/h1-7H. The number of rotatable bonds is 4. The molecule has 0 aliphatic heterocycles. The van der Waals surface area contributed by atoms with Crippen LogP contribution in [0, 0.1) is 21.4 Å². The first-order valence-electron chi connectivity index (χ1n) is 5.72. The predicted octanol–water partition coefficient (Wildman–Crippen LogP) is 2.89. The van der Waals surface area contributed by atoms with Crippen LogP contribution in [0.3, 0.4) is 0 Å². The third kappa shape index (κ3) is 3.33. The van der Waals surface area contributed by atoms with Gasteiger partial charge in [-0.15, -0.1) is 0 Å². The second kappa shape index (κ2) is 6.01. The fourth-order valence-electron chi connectivity index (χ4n) is 1.58. The smallest absolute Gasteiger partial charge is 0.339 e. The molecule has 0 aliphatic rings. The van der Waals surface area contributed by atoms with Crippen LogP contribution < -0.4 is 4.18 Å². The fraction of sp³-hybridized carbons (Fsp3) is 0. The summed E-state index contributed by atoms with van der Waals surface area (Å²) in [5, 5.41) is 19.4. The molecule has 112 valence electrons. The molecule has 0 fully saturated rings. The van der Waals surface area contributed by atoms with Gasteiger partial charge in [-0.1, -0.05) is 17.7 Å². The van der Waals surface area contributed by atoms with Gasteiger partial charge in [0.2, 0.25) is 0 Å². The molecule has 22 heavy (non-hydrogen) atoms. The summed E-state index contributed by atoms with van der Waals surface area (Å²) in [6.45, 7) is 0. The molecular formula is C13H7ClN2O5S. The topological polar surface area (TPSA) is 110 Å². The average molecular weight is 339 g/mol. The van der Waals surface area contributed by atoms with Gasteiger partial charge in [0.25, 0.3) is 5.69 Å². The SMILES string of the molecule is N#Cc1cccc(OS(=O)(=O)c2ccc(Cl)c([N+](=O)[O-])c2)c1. The molecule has 0 amide bonds. The Labute approximate surface area is 130 Å². The Balaban J connectivity index is 2.41. The second-order valence-electron chi connectivity index (χ2n) is 4.05. The second-order valence-corrected chi connectivity index (χ2v) is 6.00. The summed E-state index contributed by atoms with van der Waals surface area (Å²) in [5.41, 5.74) is -0.327. The third-order valence-corrected chi connectivity index (χ3v) is 4.13. The van der Waals surface area contributed by atoms with Crippen LogP contribution in [0.2, 0.25) is 5.02 Å². The molecule has 0 aromatic heterocycles. The molecule has 0 aliphatic carbocycles. The van der Waals surface area contributed by atoms with Crippen molar-refractivity contribution in [3.63, 3.8) is 0 Å². The van der Waals surface area contributed by atoms with Gasteiger partial charge in [-0.3, -0.25) is 10.1 Å². The van der Waals surface area contributed by atoms with E-state index in [1.54, 1.807) is 0 Å². The normalized spacial score (nSPS) is 10.7. The Bertz CT molecular complexity index is 890. The summed E-state index contributed by atoms with van der Waals surface area (Å²) in [7, 11) is -4.28. The zero-order valence-electron chi connectivity index (χ0n) is 10.8. The molecule has 0 radical (unpaired) electrons. The van der Waals surface area contributed by atoms with Gasteiger partial charge >= 0.3 is 10.1 Å². The van der Waals surface area contributed by atoms with E-state index in [2.05, 4.69) is 0 Å². The van der Waals surface area contributed by atoms with Crippen molar-refractivity contribution in [1.29, 1.82) is 5.26 Å². The highest BCUT2D eigenvalue weighted by Crippen LogP contribution is 2.28. The van der Waals surface area contributed by atoms with Crippen molar-refractivity contribution in [3.05, 3.63) is 63.2 Å². The van der Waals surface area contributed by atoms with Gasteiger partial charge in [-0.2, -0.15) is 13.7 Å². The van der Waals surface area contributed by atoms with E-state index in [-0.39, 0.29) is 16.3 Å². The third-order valence-electron chi connectivity index (χ3n) is 2.57. The van der Waals surface area contributed by atoms with Crippen LogP contribution in [0.5, 0.6) is 5.75 Å². The van der Waals surface area contributed by atoms with Gasteiger partial charge in [0.05, 0.1) is 16.6 Å². The molecule has 2 rings (SSSR count). The summed E-state index contributed by atoms with van der Waals surface area (Å²) < 4.78 is 29.1. The van der Waals surface area contributed by atoms with E-state index < -0.39 is 25.6 Å². The number of nitro groups is 1. The Morgan fingerprint density at radius 2 is 1.95 bits per heavy atom. The molecule has 9 heteroatoms. The Morgan fingerprint density at radius 1 is 1.23 bits per heavy atom. The molecule has 0 saturated carbocycles. The summed E-state index contributed by atoms with van der Waals surface area (Å²) in [6.07, 6.45) is 0. The van der Waals surface area contributed by atoms with Gasteiger partial charge in [0.1, 0.15) is 15.7 Å². The summed E-state index contributed by atoms with van der Waals surface area (Å²) in [5.74, 6) is -0.0725. The number of hydrogen-bond donors (Lipinski definition) is 0. The van der Waals surface area contributed by atoms with Gasteiger partial charge in [-0.25, -0.2) is 0 Å². The fourth-order valence-corrected chi connectivity index (χ4v) is 2.71. The van der Waals surface area contributed by atoms with Crippen LogP contribution in [-0.2, 0) is 10.1 Å². The molecule has 2 aromatic carbocycles. The monoisotopic (exact) mass is 338 g/mol. The minimum atomic E-state index is -4.28. The lowest BCUT2D eigenvalue weighted by molar-refractivity contribution is -0.384. The van der Waals surface area contributed by atoms with E-state index in [0.29, 0.717) is 0 Å². The summed E-state index contributed by atoms with van der Waals surface area (Å²) >= 11 is 5.63. The van der Waals surface area contributed by atoms with Crippen LogP contribution >= 0.6 is 11.6 Å². The quantitative estimate of drug-likeness (QED) is 0.481. The summed E-state index contributed by atoms with van der Waals surface area (Å²) in [6, 6.07) is 10.4. The lowest BCUT2D eigenvalue weighted by Gasteiger charge is -2.07. The lowest BCUT2D eigenvalue weighted by Crippen LogP contribution is -2.10. The van der Waals surface area contributed by atoms with Crippen molar-refractivity contribution in [2.45, 2.75) is 4.90 Å². The molecule has 0 spiro atoms. The summed E-state index contributed by atoms with van der Waals surface area (Å²) in [4.78, 5) is 9.59. The van der Waals surface area contributed by atoms with Gasteiger partial charge in [0.15, 0.2) is 0 Å². The van der Waals surface area contributed by atoms with Crippen molar-refractivity contribution in [1.82, 2.24) is 0 Å². The zero-order valence-corrected chi connectivity index (χ0v) is 12.3. The first kappa shape index (κ1) is 15.8. The van der Waals surface area contributed by atoms with E-state index in [1.807, 2.05) is 6.07 Å². The molecule has 0 N–H and O–H groups in total. The Morgan fingerprint density at radius 3 is 2.59 bits per heavy atom. The zero-order chi connectivity index (χ0) is 16.3. The minimum Gasteiger partial charge on any atom is -0.379 e.